The molecule has 1 heterocycles. The molecule has 1 aliphatic rings. The Labute approximate surface area is 206 Å². The van der Waals surface area contributed by atoms with Crippen molar-refractivity contribution in [1.29, 1.82) is 0 Å². The lowest BCUT2D eigenvalue weighted by Gasteiger charge is -2.33. The van der Waals surface area contributed by atoms with Crippen molar-refractivity contribution in [2.24, 2.45) is 11.3 Å². The second-order valence-corrected chi connectivity index (χ2v) is 10.8. The standard InChI is InChI=1S/C25H39BrN4O3/c1-5-27-22(31)17-29-23(32)16-28-21-8-6-7-20(26)19(21)15-18-10-13-30(14-11-18)24(33)9-12-25(2,3)4/h6-8,18,28H,5,9-17H2,1-4H3,(H,27,31)(H,29,32). The second kappa shape index (κ2) is 13.0. The summed E-state index contributed by atoms with van der Waals surface area (Å²) in [5.74, 6) is 0.333. The molecule has 0 spiro atoms. The lowest BCUT2D eigenvalue weighted by atomic mass is 9.88. The average molecular weight is 524 g/mol. The molecular formula is C25H39BrN4O3. The largest absolute Gasteiger partial charge is 0.376 e. The first-order valence-electron chi connectivity index (χ1n) is 11.9. The van der Waals surface area contributed by atoms with E-state index in [2.05, 4.69) is 52.7 Å². The van der Waals surface area contributed by atoms with Gasteiger partial charge in [0.05, 0.1) is 13.1 Å². The molecule has 1 aromatic carbocycles. The van der Waals surface area contributed by atoms with Gasteiger partial charge >= 0.3 is 0 Å². The highest BCUT2D eigenvalue weighted by atomic mass is 79.9. The van der Waals surface area contributed by atoms with E-state index in [4.69, 9.17) is 0 Å². The lowest BCUT2D eigenvalue weighted by Crippen LogP contribution is -2.39. The van der Waals surface area contributed by atoms with Crippen molar-refractivity contribution in [3.8, 4) is 0 Å². The van der Waals surface area contributed by atoms with Crippen LogP contribution in [0.25, 0.3) is 0 Å². The van der Waals surface area contributed by atoms with Crippen LogP contribution in [0.3, 0.4) is 0 Å². The SMILES string of the molecule is CCNC(=O)CNC(=O)CNc1cccc(Br)c1CC1CCN(C(=O)CCC(C)(C)C)CC1. The number of hydrogen-bond acceptors (Lipinski definition) is 4. The van der Waals surface area contributed by atoms with E-state index in [9.17, 15) is 14.4 Å². The van der Waals surface area contributed by atoms with Gasteiger partial charge < -0.3 is 20.9 Å². The minimum atomic E-state index is -0.228. The number of likely N-dealkylation sites (N-methyl/N-ethyl adjacent to an activating group) is 1. The highest BCUT2D eigenvalue weighted by Gasteiger charge is 2.25. The van der Waals surface area contributed by atoms with Crippen LogP contribution < -0.4 is 16.0 Å². The van der Waals surface area contributed by atoms with Gasteiger partial charge in [-0.3, -0.25) is 14.4 Å². The Hall–Kier alpha value is -2.09. The molecule has 0 atom stereocenters. The van der Waals surface area contributed by atoms with Crippen LogP contribution in [0.15, 0.2) is 22.7 Å². The Bertz CT molecular complexity index is 814. The zero-order chi connectivity index (χ0) is 24.4. The summed E-state index contributed by atoms with van der Waals surface area (Å²) in [6.45, 7) is 10.6. The number of nitrogens with zero attached hydrogens (tertiary/aromatic N) is 1. The van der Waals surface area contributed by atoms with Crippen LogP contribution in [-0.4, -0.2) is 55.3 Å². The zero-order valence-corrected chi connectivity index (χ0v) is 22.0. The number of hydrogen-bond donors (Lipinski definition) is 3. The maximum absolute atomic E-state index is 12.5. The predicted octanol–water partition coefficient (Wildman–Crippen LogP) is 3.72. The van der Waals surface area contributed by atoms with E-state index in [-0.39, 0.29) is 36.2 Å². The van der Waals surface area contributed by atoms with Gasteiger partial charge in [0.15, 0.2) is 0 Å². The third kappa shape index (κ3) is 9.74. The molecule has 1 saturated heterocycles. The monoisotopic (exact) mass is 522 g/mol. The number of piperidine rings is 1. The molecule has 0 radical (unpaired) electrons. The van der Waals surface area contributed by atoms with E-state index in [0.29, 0.717) is 18.9 Å². The van der Waals surface area contributed by atoms with Gasteiger partial charge in [0, 0.05) is 36.2 Å². The molecular weight excluding hydrogens is 484 g/mol. The van der Waals surface area contributed by atoms with Crippen molar-refractivity contribution in [3.05, 3.63) is 28.2 Å². The van der Waals surface area contributed by atoms with Gasteiger partial charge in [0.25, 0.3) is 0 Å². The van der Waals surface area contributed by atoms with Crippen molar-refractivity contribution < 1.29 is 14.4 Å². The van der Waals surface area contributed by atoms with Gasteiger partial charge in [-0.1, -0.05) is 42.8 Å². The highest BCUT2D eigenvalue weighted by Crippen LogP contribution is 2.31. The Morgan fingerprint density at radius 2 is 1.73 bits per heavy atom. The third-order valence-corrected chi connectivity index (χ3v) is 6.67. The average Bonchev–Trinajstić information content (AvgIpc) is 2.76. The van der Waals surface area contributed by atoms with Crippen LogP contribution in [0.4, 0.5) is 5.69 Å². The lowest BCUT2D eigenvalue weighted by molar-refractivity contribution is -0.133. The fourth-order valence-electron chi connectivity index (χ4n) is 3.92. The van der Waals surface area contributed by atoms with Crippen LogP contribution >= 0.6 is 15.9 Å². The molecule has 1 fully saturated rings. The summed E-state index contributed by atoms with van der Waals surface area (Å²) in [6.07, 6.45) is 4.38. The summed E-state index contributed by atoms with van der Waals surface area (Å²) in [5.41, 5.74) is 2.24. The summed E-state index contributed by atoms with van der Waals surface area (Å²) < 4.78 is 1.01. The molecule has 8 heteroatoms. The predicted molar refractivity (Wildman–Crippen MR) is 136 cm³/mol. The summed E-state index contributed by atoms with van der Waals surface area (Å²) in [4.78, 5) is 38.2. The van der Waals surface area contributed by atoms with Crippen molar-refractivity contribution in [1.82, 2.24) is 15.5 Å². The van der Waals surface area contributed by atoms with Crippen LogP contribution in [0, 0.1) is 11.3 Å². The second-order valence-electron chi connectivity index (χ2n) is 9.94. The van der Waals surface area contributed by atoms with Gasteiger partial charge in [-0.05, 0) is 61.6 Å². The van der Waals surface area contributed by atoms with E-state index >= 15 is 0 Å². The number of carbonyl (C=O) groups excluding carboxylic acids is 3. The molecule has 184 valence electrons. The van der Waals surface area contributed by atoms with Crippen molar-refractivity contribution in [2.45, 2.75) is 59.8 Å². The number of amides is 3. The first-order chi connectivity index (χ1) is 15.6. The van der Waals surface area contributed by atoms with Gasteiger partial charge in [0.2, 0.25) is 17.7 Å². The quantitative estimate of drug-likeness (QED) is 0.436. The molecule has 1 aliphatic heterocycles. The van der Waals surface area contributed by atoms with Gasteiger partial charge in [-0.15, -0.1) is 0 Å². The minimum Gasteiger partial charge on any atom is -0.376 e. The first kappa shape index (κ1) is 27.2. The molecule has 7 nitrogen and oxygen atoms in total. The van der Waals surface area contributed by atoms with E-state index in [1.807, 2.05) is 30.0 Å². The fraction of sp³-hybridized carbons (Fsp3) is 0.640. The molecule has 0 bridgehead atoms. The fourth-order valence-corrected chi connectivity index (χ4v) is 4.45. The Kier molecular flexibility index (Phi) is 10.7. The smallest absolute Gasteiger partial charge is 0.239 e. The highest BCUT2D eigenvalue weighted by molar-refractivity contribution is 9.10. The molecule has 2 rings (SSSR count). The molecule has 0 saturated carbocycles. The van der Waals surface area contributed by atoms with E-state index < -0.39 is 0 Å². The zero-order valence-electron chi connectivity index (χ0n) is 20.4. The van der Waals surface area contributed by atoms with Crippen LogP contribution in [0.1, 0.15) is 58.9 Å². The number of carbonyl (C=O) groups is 3. The van der Waals surface area contributed by atoms with Crippen LogP contribution in [0.5, 0.6) is 0 Å². The van der Waals surface area contributed by atoms with Crippen LogP contribution in [-0.2, 0) is 20.8 Å². The molecule has 1 aromatic rings. The molecule has 3 N–H and O–H groups in total. The molecule has 0 aromatic heterocycles. The number of rotatable bonds is 10. The maximum atomic E-state index is 12.5. The van der Waals surface area contributed by atoms with Gasteiger partial charge in [-0.2, -0.15) is 0 Å². The number of halogens is 1. The van der Waals surface area contributed by atoms with E-state index in [1.165, 1.54) is 0 Å². The van der Waals surface area contributed by atoms with Crippen molar-refractivity contribution in [3.63, 3.8) is 0 Å². The van der Waals surface area contributed by atoms with E-state index in [1.54, 1.807) is 0 Å². The number of nitrogens with one attached hydrogen (secondary N) is 3. The maximum Gasteiger partial charge on any atom is 0.239 e. The minimum absolute atomic E-state index is 0.0211. The normalized spacial score (nSPS) is 14.6. The molecule has 0 aliphatic carbocycles. The van der Waals surface area contributed by atoms with Crippen LogP contribution in [0.2, 0.25) is 0 Å². The summed E-state index contributed by atoms with van der Waals surface area (Å²) in [5, 5.41) is 8.50. The number of likely N-dealkylation sites (tertiary alicyclic amines) is 1. The molecule has 0 unspecified atom stereocenters. The molecule has 33 heavy (non-hydrogen) atoms. The Balaban J connectivity index is 1.86. The topological polar surface area (TPSA) is 90.5 Å². The first-order valence-corrected chi connectivity index (χ1v) is 12.7. The third-order valence-electron chi connectivity index (χ3n) is 5.93. The number of anilines is 1. The van der Waals surface area contributed by atoms with Crippen molar-refractivity contribution >= 4 is 39.3 Å². The van der Waals surface area contributed by atoms with E-state index in [0.717, 1.165) is 54.5 Å². The summed E-state index contributed by atoms with van der Waals surface area (Å²) >= 11 is 3.66. The summed E-state index contributed by atoms with van der Waals surface area (Å²) in [7, 11) is 0. The van der Waals surface area contributed by atoms with Gasteiger partial charge in [0.1, 0.15) is 0 Å². The Morgan fingerprint density at radius 3 is 2.36 bits per heavy atom. The number of benzene rings is 1. The Morgan fingerprint density at radius 1 is 1.06 bits per heavy atom. The summed E-state index contributed by atoms with van der Waals surface area (Å²) in [6, 6.07) is 5.93. The van der Waals surface area contributed by atoms with Gasteiger partial charge in [-0.25, -0.2) is 0 Å². The van der Waals surface area contributed by atoms with Crippen molar-refractivity contribution in [2.75, 3.05) is 38.0 Å². The molecule has 3 amide bonds.